The van der Waals surface area contributed by atoms with Crippen LogP contribution in [0.1, 0.15) is 12.8 Å². The fourth-order valence-electron chi connectivity index (χ4n) is 2.92. The number of carbonyl (C=O) groups is 2. The van der Waals surface area contributed by atoms with Gasteiger partial charge in [-0.3, -0.25) is 14.2 Å². The SMILES string of the molecule is O=C(Cn1c(=O)[nH]c2ccccc2c1=O)N1CCC(O)(C(=O)O)CC1. The maximum absolute atomic E-state index is 12.4. The van der Waals surface area contributed by atoms with Crippen LogP contribution in [-0.4, -0.2) is 55.2 Å². The van der Waals surface area contributed by atoms with Gasteiger partial charge in [0, 0.05) is 25.9 Å². The highest BCUT2D eigenvalue weighted by atomic mass is 16.4. The number of hydrogen-bond acceptors (Lipinski definition) is 5. The highest BCUT2D eigenvalue weighted by Gasteiger charge is 2.40. The summed E-state index contributed by atoms with van der Waals surface area (Å²) in [6, 6.07) is 6.50. The van der Waals surface area contributed by atoms with E-state index in [1.54, 1.807) is 24.3 Å². The molecule has 1 amide bonds. The van der Waals surface area contributed by atoms with Crippen molar-refractivity contribution in [1.82, 2.24) is 14.5 Å². The molecule has 2 aromatic rings. The van der Waals surface area contributed by atoms with Gasteiger partial charge in [0.25, 0.3) is 5.56 Å². The van der Waals surface area contributed by atoms with E-state index in [1.807, 2.05) is 0 Å². The van der Waals surface area contributed by atoms with Gasteiger partial charge < -0.3 is 20.1 Å². The lowest BCUT2D eigenvalue weighted by Crippen LogP contribution is -2.52. The van der Waals surface area contributed by atoms with Crippen LogP contribution < -0.4 is 11.2 Å². The minimum Gasteiger partial charge on any atom is -0.479 e. The Bertz CT molecular complexity index is 952. The standard InChI is InChI=1S/C16H17N3O6/c20-12(18-7-5-16(25,6-8-18)14(22)23)9-19-13(21)10-3-1-2-4-11(10)17-15(19)24/h1-4,25H,5-9H2,(H,17,24)(H,22,23). The number of H-pyrrole nitrogens is 1. The normalized spacial score (nSPS) is 16.8. The highest BCUT2D eigenvalue weighted by Crippen LogP contribution is 2.22. The fraction of sp³-hybridized carbons (Fsp3) is 0.375. The predicted octanol–water partition coefficient (Wildman–Crippen LogP) is -0.872. The number of benzene rings is 1. The number of hydrogen-bond donors (Lipinski definition) is 3. The van der Waals surface area contributed by atoms with Gasteiger partial charge in [-0.25, -0.2) is 9.59 Å². The van der Waals surface area contributed by atoms with Crippen LogP contribution in [0.3, 0.4) is 0 Å². The summed E-state index contributed by atoms with van der Waals surface area (Å²) in [5.74, 6) is -1.79. The third-order valence-corrected chi connectivity index (χ3v) is 4.52. The number of para-hydroxylation sites is 1. The van der Waals surface area contributed by atoms with Crippen LogP contribution in [0, 0.1) is 0 Å². The third kappa shape index (κ3) is 3.05. The molecular weight excluding hydrogens is 330 g/mol. The molecule has 1 saturated heterocycles. The molecule has 0 aliphatic carbocycles. The van der Waals surface area contributed by atoms with E-state index in [4.69, 9.17) is 5.11 Å². The zero-order chi connectivity index (χ0) is 18.2. The minimum absolute atomic E-state index is 0.0435. The van der Waals surface area contributed by atoms with Gasteiger partial charge in [0.2, 0.25) is 5.91 Å². The summed E-state index contributed by atoms with van der Waals surface area (Å²) in [5, 5.41) is 19.2. The molecule has 1 aliphatic heterocycles. The Labute approximate surface area is 141 Å². The number of aliphatic carboxylic acids is 1. The Morgan fingerprint density at radius 3 is 2.44 bits per heavy atom. The second kappa shape index (κ2) is 6.17. The first-order valence-electron chi connectivity index (χ1n) is 7.77. The molecule has 9 nitrogen and oxygen atoms in total. The number of aromatic nitrogens is 2. The number of fused-ring (bicyclic) bond motifs is 1. The van der Waals surface area contributed by atoms with Crippen LogP contribution >= 0.6 is 0 Å². The van der Waals surface area contributed by atoms with Crippen LogP contribution in [0.2, 0.25) is 0 Å². The Kier molecular flexibility index (Phi) is 4.17. The van der Waals surface area contributed by atoms with Crippen molar-refractivity contribution >= 4 is 22.8 Å². The molecule has 1 aromatic carbocycles. The summed E-state index contributed by atoms with van der Waals surface area (Å²) in [4.78, 5) is 51.8. The van der Waals surface area contributed by atoms with Gasteiger partial charge in [0.05, 0.1) is 10.9 Å². The van der Waals surface area contributed by atoms with Gasteiger partial charge >= 0.3 is 11.7 Å². The van der Waals surface area contributed by atoms with Gasteiger partial charge in [-0.1, -0.05) is 12.1 Å². The summed E-state index contributed by atoms with van der Waals surface area (Å²) in [6.45, 7) is -0.353. The number of piperidine rings is 1. The van der Waals surface area contributed by atoms with Crippen molar-refractivity contribution in [3.63, 3.8) is 0 Å². The Hall–Kier alpha value is -2.94. The van der Waals surface area contributed by atoms with Crippen molar-refractivity contribution in [3.05, 3.63) is 45.1 Å². The molecule has 0 spiro atoms. The Balaban J connectivity index is 1.81. The molecule has 2 heterocycles. The quantitative estimate of drug-likeness (QED) is 0.661. The van der Waals surface area contributed by atoms with Crippen molar-refractivity contribution in [3.8, 4) is 0 Å². The fourth-order valence-corrected chi connectivity index (χ4v) is 2.92. The van der Waals surface area contributed by atoms with Crippen LogP contribution in [0.15, 0.2) is 33.9 Å². The molecule has 0 saturated carbocycles. The summed E-state index contributed by atoms with van der Waals surface area (Å²) in [7, 11) is 0. The summed E-state index contributed by atoms with van der Waals surface area (Å²) in [6.07, 6.45) is -0.200. The second-order valence-electron chi connectivity index (χ2n) is 6.08. The lowest BCUT2D eigenvalue weighted by Gasteiger charge is -2.35. The number of carboxylic acids is 1. The maximum Gasteiger partial charge on any atom is 0.335 e. The number of likely N-dealkylation sites (tertiary alicyclic amines) is 1. The van der Waals surface area contributed by atoms with E-state index < -0.39 is 35.3 Å². The van der Waals surface area contributed by atoms with Gasteiger partial charge in [0.1, 0.15) is 6.54 Å². The largest absolute Gasteiger partial charge is 0.479 e. The van der Waals surface area contributed by atoms with Crippen LogP contribution in [0.25, 0.3) is 10.9 Å². The molecule has 0 atom stereocenters. The maximum atomic E-state index is 12.4. The minimum atomic E-state index is -1.84. The number of aliphatic hydroxyl groups is 1. The molecule has 25 heavy (non-hydrogen) atoms. The predicted molar refractivity (Wildman–Crippen MR) is 87.2 cm³/mol. The van der Waals surface area contributed by atoms with Crippen molar-refractivity contribution in [2.45, 2.75) is 25.0 Å². The molecule has 1 aromatic heterocycles. The van der Waals surface area contributed by atoms with Gasteiger partial charge in [-0.2, -0.15) is 0 Å². The van der Waals surface area contributed by atoms with Crippen molar-refractivity contribution in [1.29, 1.82) is 0 Å². The molecule has 3 rings (SSSR count). The molecule has 0 radical (unpaired) electrons. The molecule has 0 bridgehead atoms. The highest BCUT2D eigenvalue weighted by molar-refractivity contribution is 5.80. The molecule has 9 heteroatoms. The zero-order valence-corrected chi connectivity index (χ0v) is 13.3. The summed E-state index contributed by atoms with van der Waals surface area (Å²) < 4.78 is 0.822. The van der Waals surface area contributed by atoms with Gasteiger partial charge in [0.15, 0.2) is 5.60 Å². The molecule has 1 fully saturated rings. The molecule has 3 N–H and O–H groups in total. The summed E-state index contributed by atoms with van der Waals surface area (Å²) >= 11 is 0. The lowest BCUT2D eigenvalue weighted by atomic mass is 9.91. The number of nitrogens with one attached hydrogen (secondary N) is 1. The van der Waals surface area contributed by atoms with Crippen molar-refractivity contribution < 1.29 is 19.8 Å². The van der Waals surface area contributed by atoms with Gasteiger partial charge in [-0.05, 0) is 12.1 Å². The summed E-state index contributed by atoms with van der Waals surface area (Å²) in [5.41, 5.74) is -2.69. The first kappa shape index (κ1) is 16.9. The monoisotopic (exact) mass is 347 g/mol. The van der Waals surface area contributed by atoms with Crippen LogP contribution in [-0.2, 0) is 16.1 Å². The Morgan fingerprint density at radius 1 is 1.16 bits per heavy atom. The zero-order valence-electron chi connectivity index (χ0n) is 13.3. The van der Waals surface area contributed by atoms with E-state index in [-0.39, 0.29) is 25.9 Å². The second-order valence-corrected chi connectivity index (χ2v) is 6.08. The smallest absolute Gasteiger partial charge is 0.335 e. The number of nitrogens with zero attached hydrogens (tertiary/aromatic N) is 2. The van der Waals surface area contributed by atoms with Crippen molar-refractivity contribution in [2.75, 3.05) is 13.1 Å². The molecule has 0 unspecified atom stereocenters. The number of carboxylic acid groups (broad SMARTS) is 1. The van der Waals surface area contributed by atoms with Crippen molar-refractivity contribution in [2.24, 2.45) is 0 Å². The van der Waals surface area contributed by atoms with E-state index in [0.717, 1.165) is 4.57 Å². The van der Waals surface area contributed by atoms with Gasteiger partial charge in [-0.15, -0.1) is 0 Å². The van der Waals surface area contributed by atoms with E-state index >= 15 is 0 Å². The number of rotatable bonds is 3. The van der Waals surface area contributed by atoms with E-state index in [1.165, 1.54) is 4.90 Å². The van der Waals surface area contributed by atoms with E-state index in [0.29, 0.717) is 10.9 Å². The Morgan fingerprint density at radius 2 is 1.80 bits per heavy atom. The van der Waals surface area contributed by atoms with Crippen LogP contribution in [0.5, 0.6) is 0 Å². The first-order valence-corrected chi connectivity index (χ1v) is 7.77. The lowest BCUT2D eigenvalue weighted by molar-refractivity contribution is -0.165. The molecular formula is C16H17N3O6. The number of carbonyl (C=O) groups excluding carboxylic acids is 1. The number of amides is 1. The van der Waals surface area contributed by atoms with E-state index in [9.17, 15) is 24.3 Å². The third-order valence-electron chi connectivity index (χ3n) is 4.52. The first-order chi connectivity index (χ1) is 11.8. The average Bonchev–Trinajstić information content (AvgIpc) is 2.59. The molecule has 1 aliphatic rings. The molecule has 132 valence electrons. The number of aromatic amines is 1. The van der Waals surface area contributed by atoms with E-state index in [2.05, 4.69) is 4.98 Å². The van der Waals surface area contributed by atoms with Crippen LogP contribution in [0.4, 0.5) is 0 Å². The topological polar surface area (TPSA) is 133 Å². The average molecular weight is 347 g/mol.